The number of aromatic nitrogens is 3. The molecule has 0 radical (unpaired) electrons. The van der Waals surface area contributed by atoms with Crippen molar-refractivity contribution in [3.05, 3.63) is 58.1 Å². The summed E-state index contributed by atoms with van der Waals surface area (Å²) in [5, 5.41) is 1.13. The van der Waals surface area contributed by atoms with Crippen LogP contribution in [0.5, 0.6) is 5.75 Å². The molecule has 1 aromatic carbocycles. The fourth-order valence-corrected chi connectivity index (χ4v) is 5.06. The van der Waals surface area contributed by atoms with Gasteiger partial charge >= 0.3 is 0 Å². The van der Waals surface area contributed by atoms with Gasteiger partial charge in [0.1, 0.15) is 11.9 Å². The van der Waals surface area contributed by atoms with Gasteiger partial charge in [0.2, 0.25) is 5.95 Å². The molecule has 0 aliphatic carbocycles. The van der Waals surface area contributed by atoms with Gasteiger partial charge in [0, 0.05) is 60.5 Å². The maximum absolute atomic E-state index is 12.3. The fourth-order valence-electron chi connectivity index (χ4n) is 4.06. The van der Waals surface area contributed by atoms with Gasteiger partial charge in [-0.2, -0.15) is 11.8 Å². The third kappa shape index (κ3) is 3.35. The number of ether oxygens (including phenoxy) is 1. The summed E-state index contributed by atoms with van der Waals surface area (Å²) in [5.74, 6) is 3.54. The molecule has 0 unspecified atom stereocenters. The molecule has 1 fully saturated rings. The minimum atomic E-state index is 0.0545. The molecular formula is C21H22N4O2S. The first-order chi connectivity index (χ1) is 13.8. The van der Waals surface area contributed by atoms with Crippen molar-refractivity contribution in [3.8, 4) is 5.75 Å². The Hall–Kier alpha value is -2.54. The molecule has 2 aromatic heterocycles. The van der Waals surface area contributed by atoms with Crippen LogP contribution in [0, 0.1) is 0 Å². The van der Waals surface area contributed by atoms with Crippen LogP contribution in [0.2, 0.25) is 0 Å². The molecular weight excluding hydrogens is 372 g/mol. The Balaban J connectivity index is 1.33. The molecule has 0 spiro atoms. The lowest BCUT2D eigenvalue weighted by Crippen LogP contribution is -2.39. The van der Waals surface area contributed by atoms with Crippen LogP contribution >= 0.6 is 11.8 Å². The van der Waals surface area contributed by atoms with Crippen LogP contribution in [0.15, 0.2) is 41.5 Å². The molecule has 2 aliphatic heterocycles. The van der Waals surface area contributed by atoms with Gasteiger partial charge in [0.25, 0.3) is 5.56 Å². The number of H-pyrrole nitrogens is 1. The third-order valence-corrected chi connectivity index (χ3v) is 6.51. The Kier molecular flexibility index (Phi) is 4.68. The van der Waals surface area contributed by atoms with Crippen molar-refractivity contribution in [2.75, 3.05) is 23.7 Å². The molecule has 0 atom stereocenters. The maximum atomic E-state index is 12.3. The Morgan fingerprint density at radius 1 is 1.14 bits per heavy atom. The first-order valence-electron chi connectivity index (χ1n) is 9.72. The number of anilines is 1. The molecule has 1 saturated heterocycles. The Labute approximate surface area is 167 Å². The van der Waals surface area contributed by atoms with Gasteiger partial charge in [-0.1, -0.05) is 0 Å². The van der Waals surface area contributed by atoms with Crippen LogP contribution in [-0.4, -0.2) is 39.9 Å². The van der Waals surface area contributed by atoms with Gasteiger partial charge in [-0.05, 0) is 42.0 Å². The van der Waals surface area contributed by atoms with Crippen LogP contribution in [-0.2, 0) is 12.2 Å². The van der Waals surface area contributed by atoms with Gasteiger partial charge < -0.3 is 14.6 Å². The van der Waals surface area contributed by atoms with Crippen molar-refractivity contribution < 1.29 is 4.74 Å². The molecule has 28 heavy (non-hydrogen) atoms. The summed E-state index contributed by atoms with van der Waals surface area (Å²) in [5.41, 5.74) is 3.08. The van der Waals surface area contributed by atoms with Crippen molar-refractivity contribution >= 4 is 28.6 Å². The van der Waals surface area contributed by atoms with E-state index < -0.39 is 0 Å². The summed E-state index contributed by atoms with van der Waals surface area (Å²) in [6, 6.07) is 7.88. The van der Waals surface area contributed by atoms with Crippen LogP contribution in [0.3, 0.4) is 0 Å². The molecule has 6 nitrogen and oxygen atoms in total. The number of benzene rings is 1. The Morgan fingerprint density at radius 2 is 1.96 bits per heavy atom. The quantitative estimate of drug-likeness (QED) is 0.736. The molecule has 4 heterocycles. The average Bonchev–Trinajstić information content (AvgIpc) is 2.76. The number of hydrogen-bond donors (Lipinski definition) is 1. The zero-order valence-corrected chi connectivity index (χ0v) is 16.4. The van der Waals surface area contributed by atoms with E-state index in [1.807, 2.05) is 30.0 Å². The number of hydrogen-bond acceptors (Lipinski definition) is 6. The van der Waals surface area contributed by atoms with Crippen LogP contribution < -0.4 is 15.2 Å². The number of thioether (sulfide) groups is 1. The van der Waals surface area contributed by atoms with E-state index in [0.29, 0.717) is 0 Å². The first-order valence-corrected chi connectivity index (χ1v) is 10.9. The first kappa shape index (κ1) is 17.6. The lowest BCUT2D eigenvalue weighted by atomic mass is 10.0. The minimum absolute atomic E-state index is 0.0545. The summed E-state index contributed by atoms with van der Waals surface area (Å²) in [6.45, 7) is 1.78. The second kappa shape index (κ2) is 7.47. The Bertz CT molecular complexity index is 1050. The van der Waals surface area contributed by atoms with E-state index in [1.54, 1.807) is 12.4 Å². The molecule has 7 heteroatoms. The number of pyridine rings is 1. The molecule has 5 rings (SSSR count). The van der Waals surface area contributed by atoms with Crippen LogP contribution in [0.25, 0.3) is 10.9 Å². The molecule has 3 aromatic rings. The van der Waals surface area contributed by atoms with Gasteiger partial charge in [-0.3, -0.25) is 4.79 Å². The molecule has 0 bridgehead atoms. The SMILES string of the molecule is O=c1[nH]c2ccc(OC3CCN(c4ncccn4)CC3)cc2c2c1CSCC2. The molecule has 0 amide bonds. The third-order valence-electron chi connectivity index (χ3n) is 5.53. The number of aryl methyl sites for hydroxylation is 1. The topological polar surface area (TPSA) is 71.1 Å². The second-order valence-corrected chi connectivity index (χ2v) is 8.38. The van der Waals surface area contributed by atoms with Gasteiger partial charge in [0.05, 0.1) is 0 Å². The summed E-state index contributed by atoms with van der Waals surface area (Å²) in [7, 11) is 0. The number of nitrogens with one attached hydrogen (secondary N) is 1. The lowest BCUT2D eigenvalue weighted by Gasteiger charge is -2.32. The smallest absolute Gasteiger partial charge is 0.252 e. The minimum Gasteiger partial charge on any atom is -0.490 e. The highest BCUT2D eigenvalue weighted by Crippen LogP contribution is 2.30. The normalized spacial score (nSPS) is 17.5. The van der Waals surface area contributed by atoms with E-state index in [0.717, 1.165) is 72.0 Å². The monoisotopic (exact) mass is 394 g/mol. The van der Waals surface area contributed by atoms with Gasteiger partial charge in [-0.25, -0.2) is 9.97 Å². The molecule has 1 N–H and O–H groups in total. The predicted octanol–water partition coefficient (Wildman–Crippen LogP) is 3.16. The Morgan fingerprint density at radius 3 is 2.79 bits per heavy atom. The van der Waals surface area contributed by atoms with E-state index >= 15 is 0 Å². The fraction of sp³-hybridized carbons (Fsp3) is 0.381. The largest absolute Gasteiger partial charge is 0.490 e. The maximum Gasteiger partial charge on any atom is 0.252 e. The summed E-state index contributed by atoms with van der Waals surface area (Å²) in [4.78, 5) is 26.2. The average molecular weight is 395 g/mol. The highest BCUT2D eigenvalue weighted by atomic mass is 32.2. The van der Waals surface area contributed by atoms with E-state index in [9.17, 15) is 4.79 Å². The zero-order chi connectivity index (χ0) is 18.9. The summed E-state index contributed by atoms with van der Waals surface area (Å²) < 4.78 is 6.30. The standard InChI is InChI=1S/C21H22N4O2S/c26-20-18-13-28-11-6-16(18)17-12-15(2-3-19(17)24-20)27-14-4-9-25(10-5-14)21-22-7-1-8-23-21/h1-3,7-8,12,14H,4-6,9-11,13H2,(H,24,26). The highest BCUT2D eigenvalue weighted by Gasteiger charge is 2.23. The van der Waals surface area contributed by atoms with Crippen molar-refractivity contribution in [1.82, 2.24) is 15.0 Å². The van der Waals surface area contributed by atoms with Crippen molar-refractivity contribution in [2.24, 2.45) is 0 Å². The lowest BCUT2D eigenvalue weighted by molar-refractivity contribution is 0.170. The summed E-state index contributed by atoms with van der Waals surface area (Å²) in [6.07, 6.45) is 6.58. The summed E-state index contributed by atoms with van der Waals surface area (Å²) >= 11 is 1.83. The predicted molar refractivity (Wildman–Crippen MR) is 112 cm³/mol. The van der Waals surface area contributed by atoms with Crippen LogP contribution in [0.4, 0.5) is 5.95 Å². The van der Waals surface area contributed by atoms with Crippen molar-refractivity contribution in [1.29, 1.82) is 0 Å². The zero-order valence-electron chi connectivity index (χ0n) is 15.6. The van der Waals surface area contributed by atoms with E-state index in [1.165, 1.54) is 5.56 Å². The van der Waals surface area contributed by atoms with E-state index in [-0.39, 0.29) is 11.7 Å². The van der Waals surface area contributed by atoms with Crippen LogP contribution in [0.1, 0.15) is 24.0 Å². The van der Waals surface area contributed by atoms with Crippen molar-refractivity contribution in [2.45, 2.75) is 31.1 Å². The van der Waals surface area contributed by atoms with Crippen molar-refractivity contribution in [3.63, 3.8) is 0 Å². The molecule has 0 saturated carbocycles. The molecule has 2 aliphatic rings. The second-order valence-electron chi connectivity index (χ2n) is 7.27. The number of aromatic amines is 1. The van der Waals surface area contributed by atoms with Gasteiger partial charge in [0.15, 0.2) is 0 Å². The van der Waals surface area contributed by atoms with E-state index in [4.69, 9.17) is 4.74 Å². The number of nitrogens with zero attached hydrogens (tertiary/aromatic N) is 3. The highest BCUT2D eigenvalue weighted by molar-refractivity contribution is 7.98. The number of rotatable bonds is 3. The number of fused-ring (bicyclic) bond motifs is 3. The molecule has 144 valence electrons. The van der Waals surface area contributed by atoms with E-state index in [2.05, 4.69) is 25.9 Å². The number of piperidine rings is 1. The van der Waals surface area contributed by atoms with Gasteiger partial charge in [-0.15, -0.1) is 0 Å².